The van der Waals surface area contributed by atoms with Crippen LogP contribution >= 0.6 is 0 Å². The summed E-state index contributed by atoms with van der Waals surface area (Å²) in [5.41, 5.74) is 11.5. The quantitative estimate of drug-likeness (QED) is 0.687. The molecule has 31 heavy (non-hydrogen) atoms. The van der Waals surface area contributed by atoms with Crippen molar-refractivity contribution in [1.82, 2.24) is 20.4 Å². The van der Waals surface area contributed by atoms with Crippen LogP contribution in [0.2, 0.25) is 0 Å². The fourth-order valence-corrected chi connectivity index (χ4v) is 4.13. The second-order valence-corrected chi connectivity index (χ2v) is 7.95. The van der Waals surface area contributed by atoms with Crippen molar-refractivity contribution in [1.29, 1.82) is 0 Å². The van der Waals surface area contributed by atoms with Crippen LogP contribution < -0.4 is 16.4 Å². The lowest BCUT2D eigenvalue weighted by Crippen LogP contribution is -2.42. The van der Waals surface area contributed by atoms with E-state index in [1.54, 1.807) is 0 Å². The summed E-state index contributed by atoms with van der Waals surface area (Å²) in [5.74, 6) is -1.58. The van der Waals surface area contributed by atoms with Crippen LogP contribution in [-0.4, -0.2) is 34.8 Å². The maximum Gasteiger partial charge on any atom is 0.247 e. The molecule has 0 unspecified atom stereocenters. The number of halogens is 2. The largest absolute Gasteiger partial charge is 0.382 e. The van der Waals surface area contributed by atoms with E-state index in [1.165, 1.54) is 12.1 Å². The summed E-state index contributed by atoms with van der Waals surface area (Å²) >= 11 is 0. The van der Waals surface area contributed by atoms with Gasteiger partial charge in [-0.15, -0.1) is 0 Å². The zero-order chi connectivity index (χ0) is 22.1. The lowest BCUT2D eigenvalue weighted by Gasteiger charge is -2.24. The molecule has 0 saturated carbocycles. The number of aryl methyl sites for hydroxylation is 1. The Balaban J connectivity index is 1.58. The molecular weight excluding hydrogens is 400 g/mol. The zero-order valence-corrected chi connectivity index (χ0v) is 17.3. The smallest absolute Gasteiger partial charge is 0.247 e. The zero-order valence-electron chi connectivity index (χ0n) is 17.3. The van der Waals surface area contributed by atoms with Crippen LogP contribution in [-0.2, 0) is 17.8 Å². The van der Waals surface area contributed by atoms with Crippen molar-refractivity contribution in [3.8, 4) is 0 Å². The Labute approximate surface area is 179 Å². The lowest BCUT2D eigenvalue weighted by molar-refractivity contribution is -0.118. The van der Waals surface area contributed by atoms with Crippen molar-refractivity contribution >= 4 is 11.5 Å². The Kier molecular flexibility index (Phi) is 5.73. The molecule has 0 spiro atoms. The van der Waals surface area contributed by atoms with Gasteiger partial charge in [-0.25, -0.2) is 8.78 Å². The molecule has 0 fully saturated rings. The Morgan fingerprint density at radius 1 is 1.35 bits per heavy atom. The minimum absolute atomic E-state index is 0.138. The molecule has 0 bridgehead atoms. The van der Waals surface area contributed by atoms with Gasteiger partial charge in [0.2, 0.25) is 5.91 Å². The third kappa shape index (κ3) is 4.29. The van der Waals surface area contributed by atoms with Crippen molar-refractivity contribution in [2.45, 2.75) is 32.4 Å². The summed E-state index contributed by atoms with van der Waals surface area (Å²) in [6.45, 7) is 7.74. The summed E-state index contributed by atoms with van der Waals surface area (Å²) in [4.78, 5) is 13.0. The summed E-state index contributed by atoms with van der Waals surface area (Å²) in [7, 11) is 0. The van der Waals surface area contributed by atoms with E-state index < -0.39 is 17.7 Å². The van der Waals surface area contributed by atoms with Crippen LogP contribution in [0.5, 0.6) is 0 Å². The van der Waals surface area contributed by atoms with E-state index in [1.807, 2.05) is 23.9 Å². The van der Waals surface area contributed by atoms with Crippen LogP contribution in [0.4, 0.5) is 8.78 Å². The summed E-state index contributed by atoms with van der Waals surface area (Å²) in [6.07, 6.45) is 4.32. The number of hydrogen-bond donors (Lipinski definition) is 3. The van der Waals surface area contributed by atoms with Gasteiger partial charge in [0.1, 0.15) is 11.6 Å². The molecule has 2 aliphatic rings. The van der Waals surface area contributed by atoms with Crippen LogP contribution in [0.25, 0.3) is 5.57 Å². The Bertz CT molecular complexity index is 1090. The van der Waals surface area contributed by atoms with Gasteiger partial charge in [-0.3, -0.25) is 9.48 Å². The van der Waals surface area contributed by atoms with Gasteiger partial charge in [-0.2, -0.15) is 5.10 Å². The molecule has 0 radical (unpaired) electrons. The molecule has 0 saturated heterocycles. The number of aromatic nitrogens is 2. The molecule has 1 amide bonds. The van der Waals surface area contributed by atoms with Gasteiger partial charge in [0, 0.05) is 48.5 Å². The van der Waals surface area contributed by atoms with E-state index >= 15 is 0 Å². The molecule has 1 atom stereocenters. The number of hydrogen-bond acceptors (Lipinski definition) is 4. The Morgan fingerprint density at radius 3 is 2.81 bits per heavy atom. The molecule has 4 rings (SSSR count). The molecule has 4 N–H and O–H groups in total. The maximum absolute atomic E-state index is 13.5. The molecular formula is C23H25F2N5O. The first kappa shape index (κ1) is 21.0. The number of allylic oxidation sites excluding steroid dienone is 3. The molecule has 6 nitrogen and oxygen atoms in total. The Hall–Kier alpha value is -3.26. The third-order valence-electron chi connectivity index (χ3n) is 5.56. The van der Waals surface area contributed by atoms with Crippen molar-refractivity contribution in [2.24, 2.45) is 5.73 Å². The molecule has 2 aromatic rings. The molecule has 1 aliphatic carbocycles. The maximum atomic E-state index is 13.5. The van der Waals surface area contributed by atoms with Crippen molar-refractivity contribution in [3.63, 3.8) is 0 Å². The molecule has 1 aromatic carbocycles. The normalized spacial score (nSPS) is 16.6. The minimum atomic E-state index is -0.657. The van der Waals surface area contributed by atoms with Crippen molar-refractivity contribution in [3.05, 3.63) is 82.3 Å². The van der Waals surface area contributed by atoms with E-state index in [0.29, 0.717) is 17.6 Å². The van der Waals surface area contributed by atoms with Crippen LogP contribution in [0.1, 0.15) is 23.2 Å². The molecule has 1 aromatic heterocycles. The number of benzene rings is 1. The van der Waals surface area contributed by atoms with Gasteiger partial charge < -0.3 is 16.4 Å². The number of nitrogens with zero attached hydrogens (tertiary/aromatic N) is 2. The van der Waals surface area contributed by atoms with Crippen LogP contribution in [0.3, 0.4) is 0 Å². The first-order chi connectivity index (χ1) is 14.9. The van der Waals surface area contributed by atoms with Crippen LogP contribution in [0, 0.1) is 18.6 Å². The second kappa shape index (κ2) is 8.47. The number of nitrogens with two attached hydrogens (primary N) is 1. The topological polar surface area (TPSA) is 85.0 Å². The molecule has 1 aliphatic heterocycles. The first-order valence-corrected chi connectivity index (χ1v) is 10.2. The molecule has 162 valence electrons. The van der Waals surface area contributed by atoms with Gasteiger partial charge in [0.25, 0.3) is 0 Å². The number of carbonyl (C=O) groups excluding carboxylic acids is 1. The Morgan fingerprint density at radius 2 is 2.10 bits per heavy atom. The van der Waals surface area contributed by atoms with E-state index in [4.69, 9.17) is 5.73 Å². The SMILES string of the molecule is C=C1CC(C(=O)N[C@H](CN)Cc2cc(F)cc(F)c2)=CC2=C1NCCn1ncc(C)c12. The monoisotopic (exact) mass is 425 g/mol. The number of nitrogens with one attached hydrogen (secondary N) is 2. The van der Waals surface area contributed by atoms with Gasteiger partial charge >= 0.3 is 0 Å². The van der Waals surface area contributed by atoms with Crippen molar-refractivity contribution in [2.75, 3.05) is 13.1 Å². The van der Waals surface area contributed by atoms with Gasteiger partial charge in [0.05, 0.1) is 18.4 Å². The highest BCUT2D eigenvalue weighted by Gasteiger charge is 2.27. The number of carbonyl (C=O) groups is 1. The van der Waals surface area contributed by atoms with E-state index in [-0.39, 0.29) is 18.9 Å². The molecule has 8 heteroatoms. The summed E-state index contributed by atoms with van der Waals surface area (Å²) in [6, 6.07) is 2.85. The van der Waals surface area contributed by atoms with Gasteiger partial charge in [0.15, 0.2) is 0 Å². The number of rotatable bonds is 5. The number of amides is 1. The number of fused-ring (bicyclic) bond motifs is 2. The predicted octanol–water partition coefficient (Wildman–Crippen LogP) is 2.36. The average molecular weight is 425 g/mol. The highest BCUT2D eigenvalue weighted by atomic mass is 19.1. The second-order valence-electron chi connectivity index (χ2n) is 7.95. The highest BCUT2D eigenvalue weighted by molar-refractivity contribution is 5.99. The van der Waals surface area contributed by atoms with Crippen molar-refractivity contribution < 1.29 is 13.6 Å². The average Bonchev–Trinajstić information content (AvgIpc) is 2.96. The third-order valence-corrected chi connectivity index (χ3v) is 5.56. The predicted molar refractivity (Wildman–Crippen MR) is 115 cm³/mol. The highest BCUT2D eigenvalue weighted by Crippen LogP contribution is 2.35. The van der Waals surface area contributed by atoms with E-state index in [2.05, 4.69) is 22.3 Å². The van der Waals surface area contributed by atoms with E-state index in [9.17, 15) is 13.6 Å². The van der Waals surface area contributed by atoms with Gasteiger partial charge in [-0.05, 0) is 48.3 Å². The summed E-state index contributed by atoms with van der Waals surface area (Å²) < 4.78 is 28.9. The fourth-order valence-electron chi connectivity index (χ4n) is 4.13. The minimum Gasteiger partial charge on any atom is -0.382 e. The van der Waals surface area contributed by atoms with Crippen LogP contribution in [0.15, 0.2) is 53.9 Å². The van der Waals surface area contributed by atoms with Gasteiger partial charge in [-0.1, -0.05) is 6.58 Å². The lowest BCUT2D eigenvalue weighted by atomic mass is 9.89. The standard InChI is InChI=1S/C23H25F2N5O/c1-13-5-16(9-20-21(13)27-3-4-30-22(20)14(2)12-28-30)23(31)29-19(11-26)8-15-6-17(24)10-18(25)7-15/h6-7,9-10,12,19,27H,1,3-5,8,11,26H2,2H3,(H,29,31)/t19-/m0/s1. The first-order valence-electron chi connectivity index (χ1n) is 10.2. The summed E-state index contributed by atoms with van der Waals surface area (Å²) in [5, 5.41) is 10.7. The fraction of sp³-hybridized carbons (Fsp3) is 0.304. The molecule has 2 heterocycles. The van der Waals surface area contributed by atoms with E-state index in [0.717, 1.165) is 47.3 Å².